The Bertz CT molecular complexity index is 569. The predicted octanol–water partition coefficient (Wildman–Crippen LogP) is 4.61. The van der Waals surface area contributed by atoms with Crippen molar-refractivity contribution in [2.75, 3.05) is 0 Å². The first-order chi connectivity index (χ1) is 9.63. The van der Waals surface area contributed by atoms with Gasteiger partial charge in [-0.05, 0) is 52.0 Å². The van der Waals surface area contributed by atoms with Gasteiger partial charge in [-0.1, -0.05) is 26.0 Å². The summed E-state index contributed by atoms with van der Waals surface area (Å²) in [5.74, 6) is 1.91. The SMILES string of the molecule is CCC(C)c1ccc(Oc2ncc(Br)cc2CN)cc1. The number of rotatable bonds is 5. The van der Waals surface area contributed by atoms with Gasteiger partial charge in [-0.15, -0.1) is 0 Å². The van der Waals surface area contributed by atoms with Crippen LogP contribution in [-0.4, -0.2) is 4.98 Å². The highest BCUT2D eigenvalue weighted by Crippen LogP contribution is 2.27. The molecule has 0 spiro atoms. The molecule has 1 aromatic heterocycles. The number of hydrogen-bond acceptors (Lipinski definition) is 3. The maximum Gasteiger partial charge on any atom is 0.223 e. The van der Waals surface area contributed by atoms with E-state index in [1.165, 1.54) is 5.56 Å². The van der Waals surface area contributed by atoms with Crippen LogP contribution in [0.15, 0.2) is 41.0 Å². The third-order valence-electron chi connectivity index (χ3n) is 3.39. The van der Waals surface area contributed by atoms with Gasteiger partial charge >= 0.3 is 0 Å². The summed E-state index contributed by atoms with van der Waals surface area (Å²) < 4.78 is 6.71. The lowest BCUT2D eigenvalue weighted by atomic mass is 9.99. The molecule has 1 unspecified atom stereocenters. The number of aromatic nitrogens is 1. The van der Waals surface area contributed by atoms with Gasteiger partial charge in [0, 0.05) is 22.8 Å². The third kappa shape index (κ3) is 3.58. The number of ether oxygens (including phenoxy) is 1. The minimum Gasteiger partial charge on any atom is -0.439 e. The minimum absolute atomic E-state index is 0.396. The molecule has 1 aromatic carbocycles. The molecule has 1 atom stereocenters. The molecule has 2 aromatic rings. The van der Waals surface area contributed by atoms with Crippen molar-refractivity contribution in [3.63, 3.8) is 0 Å². The van der Waals surface area contributed by atoms with Crippen LogP contribution in [0.3, 0.4) is 0 Å². The fraction of sp³-hybridized carbons (Fsp3) is 0.312. The monoisotopic (exact) mass is 334 g/mol. The van der Waals surface area contributed by atoms with Crippen LogP contribution in [0.25, 0.3) is 0 Å². The first-order valence-corrected chi connectivity index (χ1v) is 7.55. The second-order valence-electron chi connectivity index (χ2n) is 4.80. The molecule has 0 radical (unpaired) electrons. The summed E-state index contributed by atoms with van der Waals surface area (Å²) in [6.07, 6.45) is 2.84. The Morgan fingerprint density at radius 2 is 2.00 bits per heavy atom. The average molecular weight is 335 g/mol. The zero-order chi connectivity index (χ0) is 14.5. The number of hydrogen-bond donors (Lipinski definition) is 1. The number of halogens is 1. The van der Waals surface area contributed by atoms with Crippen molar-refractivity contribution >= 4 is 15.9 Å². The lowest BCUT2D eigenvalue weighted by Crippen LogP contribution is -2.01. The standard InChI is InChI=1S/C16H19BrN2O/c1-3-11(2)12-4-6-15(7-5-12)20-16-13(9-18)8-14(17)10-19-16/h4-8,10-11H,3,9,18H2,1-2H3. The number of nitrogens with two attached hydrogens (primary N) is 1. The van der Waals surface area contributed by atoms with Gasteiger partial charge in [0.2, 0.25) is 5.88 Å². The normalized spacial score (nSPS) is 12.2. The van der Waals surface area contributed by atoms with Crippen LogP contribution in [-0.2, 0) is 6.54 Å². The summed E-state index contributed by atoms with van der Waals surface area (Å²) in [5, 5.41) is 0. The van der Waals surface area contributed by atoms with Crippen molar-refractivity contribution in [1.82, 2.24) is 4.98 Å². The van der Waals surface area contributed by atoms with E-state index in [0.29, 0.717) is 18.3 Å². The number of pyridine rings is 1. The topological polar surface area (TPSA) is 48.1 Å². The maximum absolute atomic E-state index is 5.81. The van der Waals surface area contributed by atoms with E-state index in [1.807, 2.05) is 18.2 Å². The van der Waals surface area contributed by atoms with Crippen LogP contribution < -0.4 is 10.5 Å². The molecule has 0 saturated heterocycles. The molecule has 0 aliphatic rings. The van der Waals surface area contributed by atoms with Crippen LogP contribution in [0, 0.1) is 0 Å². The summed E-state index contributed by atoms with van der Waals surface area (Å²) in [7, 11) is 0. The van der Waals surface area contributed by atoms with Crippen LogP contribution in [0.5, 0.6) is 11.6 Å². The van der Waals surface area contributed by atoms with Crippen molar-refractivity contribution in [3.05, 3.63) is 52.1 Å². The summed E-state index contributed by atoms with van der Waals surface area (Å²) in [6.45, 7) is 4.81. The zero-order valence-corrected chi connectivity index (χ0v) is 13.4. The average Bonchev–Trinajstić information content (AvgIpc) is 2.49. The molecule has 2 rings (SSSR count). The Balaban J connectivity index is 2.18. The van der Waals surface area contributed by atoms with Crippen LogP contribution in [0.4, 0.5) is 0 Å². The minimum atomic E-state index is 0.396. The quantitative estimate of drug-likeness (QED) is 0.868. The third-order valence-corrected chi connectivity index (χ3v) is 3.82. The molecular formula is C16H19BrN2O. The van der Waals surface area contributed by atoms with Crippen LogP contribution in [0.1, 0.15) is 37.3 Å². The first kappa shape index (κ1) is 15.0. The smallest absolute Gasteiger partial charge is 0.223 e. The van der Waals surface area contributed by atoms with E-state index in [-0.39, 0.29) is 0 Å². The molecule has 4 heteroatoms. The Kier molecular flexibility index (Phi) is 5.15. The molecule has 3 nitrogen and oxygen atoms in total. The van der Waals surface area contributed by atoms with Crippen molar-refractivity contribution in [2.24, 2.45) is 5.73 Å². The zero-order valence-electron chi connectivity index (χ0n) is 11.8. The second kappa shape index (κ2) is 6.86. The van der Waals surface area contributed by atoms with Gasteiger partial charge < -0.3 is 10.5 Å². The summed E-state index contributed by atoms with van der Waals surface area (Å²) in [5.41, 5.74) is 7.92. The van der Waals surface area contributed by atoms with E-state index in [2.05, 4.69) is 46.9 Å². The summed E-state index contributed by atoms with van der Waals surface area (Å²) in [4.78, 5) is 4.27. The van der Waals surface area contributed by atoms with E-state index >= 15 is 0 Å². The fourth-order valence-electron chi connectivity index (χ4n) is 1.92. The molecule has 20 heavy (non-hydrogen) atoms. The van der Waals surface area contributed by atoms with Gasteiger partial charge in [0.05, 0.1) is 0 Å². The highest BCUT2D eigenvalue weighted by Gasteiger charge is 2.07. The van der Waals surface area contributed by atoms with Gasteiger partial charge in [-0.3, -0.25) is 0 Å². The Morgan fingerprint density at radius 1 is 1.30 bits per heavy atom. The molecular weight excluding hydrogens is 316 g/mol. The second-order valence-corrected chi connectivity index (χ2v) is 5.72. The molecule has 0 amide bonds. The Morgan fingerprint density at radius 3 is 2.60 bits per heavy atom. The van der Waals surface area contributed by atoms with Gasteiger partial charge in [0.15, 0.2) is 0 Å². The fourth-order valence-corrected chi connectivity index (χ4v) is 2.30. The van der Waals surface area contributed by atoms with Crippen molar-refractivity contribution in [2.45, 2.75) is 32.7 Å². The first-order valence-electron chi connectivity index (χ1n) is 6.76. The molecule has 1 heterocycles. The number of nitrogens with zero attached hydrogens (tertiary/aromatic N) is 1. The van der Waals surface area contributed by atoms with Gasteiger partial charge in [0.1, 0.15) is 5.75 Å². The highest BCUT2D eigenvalue weighted by atomic mass is 79.9. The molecule has 0 aliphatic carbocycles. The van der Waals surface area contributed by atoms with Gasteiger partial charge in [-0.25, -0.2) is 4.98 Å². The molecule has 106 valence electrons. The van der Waals surface area contributed by atoms with E-state index in [9.17, 15) is 0 Å². The molecule has 2 N–H and O–H groups in total. The van der Waals surface area contributed by atoms with Gasteiger partial charge in [-0.2, -0.15) is 0 Å². The number of benzene rings is 1. The maximum atomic E-state index is 5.81. The van der Waals surface area contributed by atoms with E-state index < -0.39 is 0 Å². The van der Waals surface area contributed by atoms with Crippen molar-refractivity contribution in [1.29, 1.82) is 0 Å². The lowest BCUT2D eigenvalue weighted by molar-refractivity contribution is 0.456. The summed E-state index contributed by atoms with van der Waals surface area (Å²) >= 11 is 3.38. The van der Waals surface area contributed by atoms with Gasteiger partial charge in [0.25, 0.3) is 0 Å². The lowest BCUT2D eigenvalue weighted by Gasteiger charge is -2.12. The van der Waals surface area contributed by atoms with E-state index in [4.69, 9.17) is 10.5 Å². The molecule has 0 fully saturated rings. The van der Waals surface area contributed by atoms with Crippen LogP contribution >= 0.6 is 15.9 Å². The Hall–Kier alpha value is -1.39. The largest absolute Gasteiger partial charge is 0.439 e. The van der Waals surface area contributed by atoms with Crippen molar-refractivity contribution in [3.8, 4) is 11.6 Å². The molecule has 0 saturated carbocycles. The van der Waals surface area contributed by atoms with Crippen LogP contribution in [0.2, 0.25) is 0 Å². The Labute approximate surface area is 128 Å². The molecule has 0 aliphatic heterocycles. The van der Waals surface area contributed by atoms with E-state index in [0.717, 1.165) is 22.2 Å². The predicted molar refractivity (Wildman–Crippen MR) is 85.1 cm³/mol. The van der Waals surface area contributed by atoms with Crippen molar-refractivity contribution < 1.29 is 4.74 Å². The molecule has 0 bridgehead atoms. The van der Waals surface area contributed by atoms with E-state index in [1.54, 1.807) is 6.20 Å². The summed E-state index contributed by atoms with van der Waals surface area (Å²) in [6, 6.07) is 10.1. The highest BCUT2D eigenvalue weighted by molar-refractivity contribution is 9.10.